The van der Waals surface area contributed by atoms with Crippen molar-refractivity contribution in [2.75, 3.05) is 0 Å². The second-order valence-corrected chi connectivity index (χ2v) is 8.68. The zero-order valence-corrected chi connectivity index (χ0v) is 18.4. The lowest BCUT2D eigenvalue weighted by molar-refractivity contribution is -0.216. The Balaban J connectivity index is 1.80. The molecule has 0 radical (unpaired) electrons. The fourth-order valence-electron chi connectivity index (χ4n) is 3.57. The number of hydrogen-bond acceptors (Lipinski definition) is 3. The third-order valence-corrected chi connectivity index (χ3v) is 5.80. The van der Waals surface area contributed by atoms with Crippen molar-refractivity contribution in [3.8, 4) is 22.4 Å². The fourth-order valence-corrected chi connectivity index (χ4v) is 3.57. The first kappa shape index (κ1) is 22.0. The Hall–Kier alpha value is -3.23. The van der Waals surface area contributed by atoms with Gasteiger partial charge in [-0.05, 0) is 45.9 Å². The molecule has 0 amide bonds. The molecular weight excluding hydrogens is 422 g/mol. The summed E-state index contributed by atoms with van der Waals surface area (Å²) in [6.07, 6.45) is -1.45. The minimum Gasteiger partial charge on any atom is -0.331 e. The zero-order chi connectivity index (χ0) is 23.4. The van der Waals surface area contributed by atoms with Crippen LogP contribution in [-0.2, 0) is 13.6 Å². The lowest BCUT2D eigenvalue weighted by Gasteiger charge is -2.27. The molecule has 0 atom stereocenters. The van der Waals surface area contributed by atoms with Gasteiger partial charge in [0, 0.05) is 29.9 Å². The van der Waals surface area contributed by atoms with Gasteiger partial charge in [0.2, 0.25) is 0 Å². The summed E-state index contributed by atoms with van der Waals surface area (Å²) in [6.45, 7) is 5.37. The van der Waals surface area contributed by atoms with Gasteiger partial charge < -0.3 is 4.57 Å². The van der Waals surface area contributed by atoms with Crippen LogP contribution in [-0.4, -0.2) is 30.5 Å². The minimum atomic E-state index is -4.38. The summed E-state index contributed by atoms with van der Waals surface area (Å²) in [5, 5.41) is 4.09. The standard InChI is InChI=1S/C23H23F4N5/c1-13-18(24)9-17(16-10-28-32(11-16)12-22(3,4)23(25,26)27)21(29-13)15-6-7-20-19(8-15)30-14(2)31(20)5/h6-11H,12H2,1-5H3. The molecule has 0 unspecified atom stereocenters. The normalized spacial score (nSPS) is 12.7. The van der Waals surface area contributed by atoms with E-state index in [1.807, 2.05) is 36.7 Å². The van der Waals surface area contributed by atoms with Gasteiger partial charge in [0.15, 0.2) is 0 Å². The van der Waals surface area contributed by atoms with Crippen molar-refractivity contribution < 1.29 is 17.6 Å². The highest BCUT2D eigenvalue weighted by Crippen LogP contribution is 2.39. The monoisotopic (exact) mass is 445 g/mol. The van der Waals surface area contributed by atoms with Crippen LogP contribution in [0.3, 0.4) is 0 Å². The second-order valence-electron chi connectivity index (χ2n) is 8.68. The number of pyridine rings is 1. The summed E-state index contributed by atoms with van der Waals surface area (Å²) < 4.78 is 57.5. The average Bonchev–Trinajstić information content (AvgIpc) is 3.26. The highest BCUT2D eigenvalue weighted by Gasteiger charge is 2.47. The predicted octanol–water partition coefficient (Wildman–Crippen LogP) is 5.84. The number of halogens is 4. The Morgan fingerprint density at radius 3 is 2.41 bits per heavy atom. The first-order chi connectivity index (χ1) is 14.9. The van der Waals surface area contributed by atoms with Crippen LogP contribution in [0.15, 0.2) is 36.7 Å². The molecule has 0 aliphatic heterocycles. The molecule has 4 aromatic rings. The first-order valence-electron chi connectivity index (χ1n) is 10.1. The summed E-state index contributed by atoms with van der Waals surface area (Å²) in [5.41, 5.74) is 2.19. The molecule has 0 aliphatic carbocycles. The van der Waals surface area contributed by atoms with Gasteiger partial charge in [-0.15, -0.1) is 0 Å². The Bertz CT molecular complexity index is 1310. The van der Waals surface area contributed by atoms with Crippen LogP contribution in [0.5, 0.6) is 0 Å². The summed E-state index contributed by atoms with van der Waals surface area (Å²) >= 11 is 0. The lowest BCUT2D eigenvalue weighted by atomic mass is 9.93. The number of rotatable bonds is 4. The van der Waals surface area contributed by atoms with Gasteiger partial charge >= 0.3 is 6.18 Å². The van der Waals surface area contributed by atoms with E-state index in [0.717, 1.165) is 36.3 Å². The predicted molar refractivity (Wildman–Crippen MR) is 114 cm³/mol. The maximum Gasteiger partial charge on any atom is 0.395 e. The van der Waals surface area contributed by atoms with Crippen LogP contribution in [0, 0.1) is 25.1 Å². The molecule has 4 rings (SSSR count). The van der Waals surface area contributed by atoms with E-state index in [4.69, 9.17) is 0 Å². The minimum absolute atomic E-state index is 0.228. The smallest absolute Gasteiger partial charge is 0.331 e. The number of nitrogens with zero attached hydrogens (tertiary/aromatic N) is 5. The molecule has 5 nitrogen and oxygen atoms in total. The molecule has 0 N–H and O–H groups in total. The third kappa shape index (κ3) is 3.76. The van der Waals surface area contributed by atoms with Crippen molar-refractivity contribution in [1.82, 2.24) is 24.3 Å². The molecule has 0 fully saturated rings. The molecule has 0 saturated carbocycles. The average molecular weight is 445 g/mol. The lowest BCUT2D eigenvalue weighted by Crippen LogP contribution is -2.36. The van der Waals surface area contributed by atoms with E-state index in [1.165, 1.54) is 23.1 Å². The van der Waals surface area contributed by atoms with E-state index in [0.29, 0.717) is 16.8 Å². The Labute approximate surface area is 182 Å². The van der Waals surface area contributed by atoms with Crippen LogP contribution < -0.4 is 0 Å². The molecule has 168 valence electrons. The van der Waals surface area contributed by atoms with Crippen molar-refractivity contribution in [3.63, 3.8) is 0 Å². The molecule has 3 aromatic heterocycles. The zero-order valence-electron chi connectivity index (χ0n) is 18.4. The maximum absolute atomic E-state index is 14.4. The van der Waals surface area contributed by atoms with Crippen LogP contribution in [0.4, 0.5) is 17.6 Å². The molecule has 0 spiro atoms. The Morgan fingerprint density at radius 2 is 1.72 bits per heavy atom. The van der Waals surface area contributed by atoms with Crippen molar-refractivity contribution in [3.05, 3.63) is 54.0 Å². The second kappa shape index (κ2) is 7.43. The Morgan fingerprint density at radius 1 is 1.00 bits per heavy atom. The first-order valence-corrected chi connectivity index (χ1v) is 10.1. The summed E-state index contributed by atoms with van der Waals surface area (Å²) in [7, 11) is 1.92. The number of hydrogen-bond donors (Lipinski definition) is 0. The van der Waals surface area contributed by atoms with E-state index >= 15 is 0 Å². The van der Waals surface area contributed by atoms with Crippen molar-refractivity contribution in [2.45, 2.75) is 40.4 Å². The molecule has 0 bridgehead atoms. The number of fused-ring (bicyclic) bond motifs is 1. The topological polar surface area (TPSA) is 48.5 Å². The number of alkyl halides is 3. The summed E-state index contributed by atoms with van der Waals surface area (Å²) in [6, 6.07) is 7.03. The molecule has 3 heterocycles. The SMILES string of the molecule is Cc1nc(-c2ccc3c(c2)nc(C)n3C)c(-c2cnn(CC(C)(C)C(F)(F)F)c2)cc1F. The van der Waals surface area contributed by atoms with Crippen molar-refractivity contribution in [1.29, 1.82) is 0 Å². The molecule has 32 heavy (non-hydrogen) atoms. The molecule has 9 heteroatoms. The van der Waals surface area contributed by atoms with Gasteiger partial charge in [-0.2, -0.15) is 18.3 Å². The van der Waals surface area contributed by atoms with E-state index in [9.17, 15) is 17.6 Å². The maximum atomic E-state index is 14.4. The van der Waals surface area contributed by atoms with Gasteiger partial charge in [-0.1, -0.05) is 6.07 Å². The third-order valence-electron chi connectivity index (χ3n) is 5.80. The van der Waals surface area contributed by atoms with Crippen molar-refractivity contribution >= 4 is 11.0 Å². The van der Waals surface area contributed by atoms with Gasteiger partial charge in [0.1, 0.15) is 11.6 Å². The van der Waals surface area contributed by atoms with Crippen LogP contribution in [0.1, 0.15) is 25.4 Å². The van der Waals surface area contributed by atoms with Crippen LogP contribution in [0.2, 0.25) is 0 Å². The van der Waals surface area contributed by atoms with Gasteiger partial charge in [-0.3, -0.25) is 4.68 Å². The van der Waals surface area contributed by atoms with E-state index < -0.39 is 17.4 Å². The number of aromatic nitrogens is 5. The number of imidazole rings is 1. The fraction of sp³-hybridized carbons (Fsp3) is 0.348. The highest BCUT2D eigenvalue weighted by atomic mass is 19.4. The largest absolute Gasteiger partial charge is 0.395 e. The summed E-state index contributed by atoms with van der Waals surface area (Å²) in [5.74, 6) is 0.357. The van der Waals surface area contributed by atoms with E-state index in [1.54, 1.807) is 6.92 Å². The molecular formula is C23H23F4N5. The van der Waals surface area contributed by atoms with Crippen LogP contribution >= 0.6 is 0 Å². The quantitative estimate of drug-likeness (QED) is 0.371. The van der Waals surface area contributed by atoms with E-state index in [2.05, 4.69) is 15.1 Å². The highest BCUT2D eigenvalue weighted by molar-refractivity contribution is 5.87. The van der Waals surface area contributed by atoms with Crippen LogP contribution in [0.25, 0.3) is 33.4 Å². The van der Waals surface area contributed by atoms with Crippen molar-refractivity contribution in [2.24, 2.45) is 12.5 Å². The number of benzene rings is 1. The molecule has 0 saturated heterocycles. The molecule has 0 aliphatic rings. The van der Waals surface area contributed by atoms with Gasteiger partial charge in [-0.25, -0.2) is 14.4 Å². The van der Waals surface area contributed by atoms with Gasteiger partial charge in [0.05, 0.1) is 40.6 Å². The summed E-state index contributed by atoms with van der Waals surface area (Å²) in [4.78, 5) is 9.00. The molecule has 1 aromatic carbocycles. The number of aryl methyl sites for hydroxylation is 3. The van der Waals surface area contributed by atoms with E-state index in [-0.39, 0.29) is 12.2 Å². The Kier molecular flexibility index (Phi) is 5.10. The van der Waals surface area contributed by atoms with Gasteiger partial charge in [0.25, 0.3) is 0 Å².